The summed E-state index contributed by atoms with van der Waals surface area (Å²) in [4.78, 5) is 12.1. The fraction of sp³-hybridized carbons (Fsp3) is 0.0833. The van der Waals surface area contributed by atoms with Crippen molar-refractivity contribution in [3.63, 3.8) is 0 Å². The Morgan fingerprint density at radius 1 is 1.44 bits per heavy atom. The maximum Gasteiger partial charge on any atom is 0.248 e. The molecule has 0 aliphatic carbocycles. The summed E-state index contributed by atoms with van der Waals surface area (Å²) >= 11 is 4.91. The highest BCUT2D eigenvalue weighted by atomic mass is 79.9. The number of rotatable bonds is 4. The molecule has 2 rings (SSSR count). The summed E-state index contributed by atoms with van der Waals surface area (Å²) < 4.78 is 14.5. The van der Waals surface area contributed by atoms with E-state index in [4.69, 9.17) is 5.73 Å². The van der Waals surface area contributed by atoms with Crippen molar-refractivity contribution < 1.29 is 9.18 Å². The highest BCUT2D eigenvalue weighted by molar-refractivity contribution is 9.10. The highest BCUT2D eigenvalue weighted by Gasteiger charge is 2.07. The van der Waals surface area contributed by atoms with Crippen LogP contribution < -0.4 is 11.1 Å². The van der Waals surface area contributed by atoms with Crippen LogP contribution in [0, 0.1) is 5.82 Å². The van der Waals surface area contributed by atoms with Gasteiger partial charge < -0.3 is 11.1 Å². The van der Waals surface area contributed by atoms with Crippen LogP contribution in [0.5, 0.6) is 0 Å². The van der Waals surface area contributed by atoms with Crippen LogP contribution in [0.3, 0.4) is 0 Å². The number of thiophene rings is 1. The van der Waals surface area contributed by atoms with Crippen LogP contribution in [0.4, 0.5) is 10.1 Å². The lowest BCUT2D eigenvalue weighted by Gasteiger charge is -2.07. The van der Waals surface area contributed by atoms with Crippen LogP contribution in [0.25, 0.3) is 0 Å². The molecule has 0 saturated heterocycles. The van der Waals surface area contributed by atoms with Crippen LogP contribution >= 0.6 is 27.3 Å². The summed E-state index contributed by atoms with van der Waals surface area (Å²) in [7, 11) is 0. The first kappa shape index (κ1) is 13.0. The molecule has 0 aliphatic rings. The van der Waals surface area contributed by atoms with E-state index in [-0.39, 0.29) is 11.3 Å². The van der Waals surface area contributed by atoms with Gasteiger partial charge >= 0.3 is 0 Å². The molecule has 0 fully saturated rings. The van der Waals surface area contributed by atoms with E-state index in [0.29, 0.717) is 6.54 Å². The fourth-order valence-corrected chi connectivity index (χ4v) is 2.83. The van der Waals surface area contributed by atoms with Gasteiger partial charge in [0, 0.05) is 26.8 Å². The van der Waals surface area contributed by atoms with Crippen LogP contribution in [-0.4, -0.2) is 5.91 Å². The Morgan fingerprint density at radius 3 is 2.83 bits per heavy atom. The summed E-state index contributed by atoms with van der Waals surface area (Å²) in [5.41, 5.74) is 5.71. The number of benzene rings is 1. The molecule has 0 saturated carbocycles. The van der Waals surface area contributed by atoms with Gasteiger partial charge in [0.2, 0.25) is 5.91 Å². The van der Waals surface area contributed by atoms with Gasteiger partial charge in [-0.2, -0.15) is 0 Å². The van der Waals surface area contributed by atoms with Crippen molar-refractivity contribution in [2.24, 2.45) is 5.73 Å². The van der Waals surface area contributed by atoms with E-state index in [9.17, 15) is 9.18 Å². The second-order valence-corrected chi connectivity index (χ2v) is 5.56. The van der Waals surface area contributed by atoms with Crippen molar-refractivity contribution in [1.29, 1.82) is 0 Å². The smallest absolute Gasteiger partial charge is 0.248 e. The highest BCUT2D eigenvalue weighted by Crippen LogP contribution is 2.22. The van der Waals surface area contributed by atoms with Gasteiger partial charge in [0.1, 0.15) is 5.82 Å². The molecule has 94 valence electrons. The molecule has 1 amide bonds. The van der Waals surface area contributed by atoms with Crippen LogP contribution in [0.2, 0.25) is 0 Å². The molecular weight excluding hydrogens is 319 g/mol. The number of hydrogen-bond acceptors (Lipinski definition) is 3. The SMILES string of the molecule is NC(=O)c1ccc(F)c(NCc2cc(Br)cs2)c1. The van der Waals surface area contributed by atoms with Gasteiger partial charge in [-0.05, 0) is 40.2 Å². The molecule has 0 bridgehead atoms. The van der Waals surface area contributed by atoms with E-state index in [2.05, 4.69) is 21.2 Å². The van der Waals surface area contributed by atoms with Crippen molar-refractivity contribution >= 4 is 38.9 Å². The number of nitrogens with two attached hydrogens (primary N) is 1. The van der Waals surface area contributed by atoms with Crippen molar-refractivity contribution in [3.05, 3.63) is 50.4 Å². The predicted molar refractivity (Wildman–Crippen MR) is 74.3 cm³/mol. The van der Waals surface area contributed by atoms with Gasteiger partial charge in [0.25, 0.3) is 0 Å². The number of primary amides is 1. The largest absolute Gasteiger partial charge is 0.378 e. The van der Waals surface area contributed by atoms with Crippen molar-refractivity contribution in [1.82, 2.24) is 0 Å². The molecule has 0 aliphatic heterocycles. The normalized spacial score (nSPS) is 10.3. The maximum absolute atomic E-state index is 13.5. The zero-order chi connectivity index (χ0) is 13.1. The standard InChI is InChI=1S/C12H10BrFN2OS/c13-8-4-9(18-6-8)5-16-11-3-7(12(15)17)1-2-10(11)14/h1-4,6,16H,5H2,(H2,15,17). The van der Waals surface area contributed by atoms with Crippen molar-refractivity contribution in [2.45, 2.75) is 6.54 Å². The molecule has 0 radical (unpaired) electrons. The first-order valence-electron chi connectivity index (χ1n) is 5.12. The van der Waals surface area contributed by atoms with E-state index in [1.807, 2.05) is 11.4 Å². The number of anilines is 1. The van der Waals surface area contributed by atoms with Crippen molar-refractivity contribution in [2.75, 3.05) is 5.32 Å². The second kappa shape index (κ2) is 5.49. The molecule has 1 aromatic heterocycles. The minimum Gasteiger partial charge on any atom is -0.378 e. The van der Waals surface area contributed by atoms with Gasteiger partial charge in [-0.15, -0.1) is 11.3 Å². The Morgan fingerprint density at radius 2 is 2.22 bits per heavy atom. The summed E-state index contributed by atoms with van der Waals surface area (Å²) in [6.07, 6.45) is 0. The van der Waals surface area contributed by atoms with E-state index in [0.717, 1.165) is 9.35 Å². The zero-order valence-corrected chi connectivity index (χ0v) is 11.6. The number of hydrogen-bond donors (Lipinski definition) is 2. The molecule has 2 aromatic rings. The molecule has 1 heterocycles. The minimum atomic E-state index is -0.572. The summed E-state index contributed by atoms with van der Waals surface area (Å²) in [5.74, 6) is -0.979. The monoisotopic (exact) mass is 328 g/mol. The summed E-state index contributed by atoms with van der Waals surface area (Å²) in [6.45, 7) is 0.495. The fourth-order valence-electron chi connectivity index (χ4n) is 1.44. The maximum atomic E-state index is 13.5. The van der Waals surface area contributed by atoms with Gasteiger partial charge in [0.15, 0.2) is 0 Å². The molecule has 3 nitrogen and oxygen atoms in total. The zero-order valence-electron chi connectivity index (χ0n) is 9.24. The first-order chi connectivity index (χ1) is 8.56. The van der Waals surface area contributed by atoms with Gasteiger partial charge in [-0.1, -0.05) is 0 Å². The summed E-state index contributed by atoms with van der Waals surface area (Å²) in [5, 5.41) is 4.90. The molecule has 0 unspecified atom stereocenters. The van der Waals surface area contributed by atoms with Crippen LogP contribution in [-0.2, 0) is 6.54 Å². The Hall–Kier alpha value is -1.40. The third kappa shape index (κ3) is 3.08. The Kier molecular flexibility index (Phi) is 3.98. The van der Waals surface area contributed by atoms with Gasteiger partial charge in [-0.3, -0.25) is 4.79 Å². The number of carbonyl (C=O) groups excluding carboxylic acids is 1. The Labute approximate surface area is 116 Å². The molecule has 3 N–H and O–H groups in total. The summed E-state index contributed by atoms with van der Waals surface area (Å²) in [6, 6.07) is 5.96. The second-order valence-electron chi connectivity index (χ2n) is 3.64. The molecule has 1 aromatic carbocycles. The number of nitrogens with one attached hydrogen (secondary N) is 1. The van der Waals surface area contributed by atoms with Gasteiger partial charge in [-0.25, -0.2) is 4.39 Å². The average molecular weight is 329 g/mol. The van der Waals surface area contributed by atoms with E-state index < -0.39 is 11.7 Å². The first-order valence-corrected chi connectivity index (χ1v) is 6.79. The quantitative estimate of drug-likeness (QED) is 0.904. The van der Waals surface area contributed by atoms with Crippen LogP contribution in [0.1, 0.15) is 15.2 Å². The number of amides is 1. The average Bonchev–Trinajstić information content (AvgIpc) is 2.74. The Balaban J connectivity index is 2.13. The van der Waals surface area contributed by atoms with E-state index >= 15 is 0 Å². The molecular formula is C12H10BrFN2OS. The molecule has 0 atom stereocenters. The lowest BCUT2D eigenvalue weighted by atomic mass is 10.2. The third-order valence-electron chi connectivity index (χ3n) is 2.33. The third-order valence-corrected chi connectivity index (χ3v) is 4.02. The number of carbonyl (C=O) groups is 1. The van der Waals surface area contributed by atoms with Crippen LogP contribution in [0.15, 0.2) is 34.1 Å². The molecule has 0 spiro atoms. The lowest BCUT2D eigenvalue weighted by molar-refractivity contribution is 0.100. The van der Waals surface area contributed by atoms with Gasteiger partial charge in [0.05, 0.1) is 5.69 Å². The minimum absolute atomic E-state index is 0.274. The topological polar surface area (TPSA) is 55.1 Å². The van der Waals surface area contributed by atoms with Crippen molar-refractivity contribution in [3.8, 4) is 0 Å². The van der Waals surface area contributed by atoms with E-state index in [1.54, 1.807) is 11.3 Å². The number of halogens is 2. The lowest BCUT2D eigenvalue weighted by Crippen LogP contribution is -2.12. The molecule has 18 heavy (non-hydrogen) atoms. The predicted octanol–water partition coefficient (Wildman–Crippen LogP) is 3.36. The van der Waals surface area contributed by atoms with E-state index in [1.165, 1.54) is 18.2 Å². The molecule has 6 heteroatoms. The Bertz CT molecular complexity index is 585.